The summed E-state index contributed by atoms with van der Waals surface area (Å²) < 4.78 is 18.7. The van der Waals surface area contributed by atoms with Gasteiger partial charge in [-0.05, 0) is 50.6 Å². The van der Waals surface area contributed by atoms with Gasteiger partial charge in [-0.3, -0.25) is 9.36 Å². The number of carbonyl (C=O) groups is 1. The van der Waals surface area contributed by atoms with Crippen molar-refractivity contribution in [3.05, 3.63) is 90.6 Å². The van der Waals surface area contributed by atoms with Gasteiger partial charge in [0.1, 0.15) is 17.5 Å². The lowest BCUT2D eigenvalue weighted by Crippen LogP contribution is -2.40. The molecule has 176 valence electrons. The van der Waals surface area contributed by atoms with Crippen LogP contribution in [0.15, 0.2) is 69.6 Å². The van der Waals surface area contributed by atoms with Crippen molar-refractivity contribution in [1.29, 1.82) is 0 Å². The van der Waals surface area contributed by atoms with Gasteiger partial charge in [0, 0.05) is 5.56 Å². The molecular formula is C26H26N2O5S. The van der Waals surface area contributed by atoms with Crippen molar-refractivity contribution in [3.63, 3.8) is 0 Å². The zero-order chi connectivity index (χ0) is 24.4. The Bertz CT molecular complexity index is 1430. The van der Waals surface area contributed by atoms with Gasteiger partial charge in [-0.15, -0.1) is 0 Å². The zero-order valence-corrected chi connectivity index (χ0v) is 20.5. The van der Waals surface area contributed by atoms with Crippen molar-refractivity contribution in [2.75, 3.05) is 14.2 Å². The molecule has 0 bridgehead atoms. The molecule has 0 amide bonds. The van der Waals surface area contributed by atoms with Gasteiger partial charge >= 0.3 is 5.97 Å². The normalized spacial score (nSPS) is 15.7. The molecule has 1 aromatic heterocycles. The lowest BCUT2D eigenvalue weighted by Gasteiger charge is -2.26. The first-order valence-corrected chi connectivity index (χ1v) is 11.7. The number of benzene rings is 2. The van der Waals surface area contributed by atoms with Crippen LogP contribution in [-0.4, -0.2) is 30.9 Å². The monoisotopic (exact) mass is 478 g/mol. The topological polar surface area (TPSA) is 79.1 Å². The number of hydrogen-bond donors (Lipinski definition) is 0. The number of allylic oxidation sites excluding steroid dienone is 1. The number of aromatic nitrogens is 1. The summed E-state index contributed by atoms with van der Waals surface area (Å²) in [6, 6.07) is 14.1. The highest BCUT2D eigenvalue weighted by molar-refractivity contribution is 7.07. The Labute approximate surface area is 201 Å². The summed E-state index contributed by atoms with van der Waals surface area (Å²) in [4.78, 5) is 32.1. The molecule has 1 aliphatic rings. The molecule has 1 aliphatic heterocycles. The molecule has 3 aromatic rings. The van der Waals surface area contributed by atoms with Gasteiger partial charge in [0.15, 0.2) is 4.80 Å². The minimum atomic E-state index is -0.787. The first-order chi connectivity index (χ1) is 16.3. The molecular weight excluding hydrogens is 452 g/mol. The van der Waals surface area contributed by atoms with E-state index in [1.165, 1.54) is 11.3 Å². The van der Waals surface area contributed by atoms with Crippen LogP contribution in [0.3, 0.4) is 0 Å². The lowest BCUT2D eigenvalue weighted by molar-refractivity contribution is -0.143. The van der Waals surface area contributed by atoms with Crippen molar-refractivity contribution in [3.8, 4) is 11.5 Å². The summed E-state index contributed by atoms with van der Waals surface area (Å²) in [5, 5.41) is 0. The Kier molecular flexibility index (Phi) is 6.70. The maximum Gasteiger partial charge on any atom is 0.338 e. The molecule has 1 atom stereocenters. The van der Waals surface area contributed by atoms with E-state index in [0.717, 1.165) is 5.56 Å². The number of esters is 1. The Hall–Kier alpha value is -3.65. The lowest BCUT2D eigenvalue weighted by atomic mass is 9.94. The van der Waals surface area contributed by atoms with E-state index in [-0.39, 0.29) is 11.7 Å². The van der Waals surface area contributed by atoms with E-state index in [4.69, 9.17) is 14.2 Å². The Morgan fingerprint density at radius 3 is 2.50 bits per heavy atom. The van der Waals surface area contributed by atoms with Gasteiger partial charge in [-0.1, -0.05) is 41.7 Å². The molecule has 7 nitrogen and oxygen atoms in total. The Balaban J connectivity index is 2.02. The highest BCUT2D eigenvalue weighted by Crippen LogP contribution is 2.37. The molecule has 2 aromatic carbocycles. The maximum atomic E-state index is 13.7. The summed E-state index contributed by atoms with van der Waals surface area (Å²) >= 11 is 1.28. The minimum Gasteiger partial charge on any atom is -0.497 e. The molecule has 4 rings (SSSR count). The van der Waals surface area contributed by atoms with Gasteiger partial charge in [-0.2, -0.15) is 0 Å². The van der Waals surface area contributed by atoms with Gasteiger partial charge in [0.05, 0.1) is 36.1 Å². The van der Waals surface area contributed by atoms with Crippen molar-refractivity contribution in [2.45, 2.75) is 32.9 Å². The van der Waals surface area contributed by atoms with Crippen molar-refractivity contribution in [1.82, 2.24) is 4.57 Å². The van der Waals surface area contributed by atoms with Crippen LogP contribution >= 0.6 is 11.3 Å². The van der Waals surface area contributed by atoms with Crippen LogP contribution in [0.5, 0.6) is 11.5 Å². The molecule has 2 heterocycles. The molecule has 0 saturated heterocycles. The first kappa shape index (κ1) is 23.5. The number of carbonyl (C=O) groups excluding carboxylic acids is 1. The average molecular weight is 479 g/mol. The van der Waals surface area contributed by atoms with Crippen LogP contribution in [0, 0.1) is 0 Å². The number of nitrogens with zero attached hydrogens (tertiary/aromatic N) is 2. The van der Waals surface area contributed by atoms with Crippen LogP contribution in [-0.2, 0) is 9.53 Å². The van der Waals surface area contributed by atoms with E-state index < -0.39 is 12.0 Å². The summed E-state index contributed by atoms with van der Waals surface area (Å²) in [6.07, 6.45) is 1.50. The largest absolute Gasteiger partial charge is 0.497 e. The van der Waals surface area contributed by atoms with Gasteiger partial charge in [0.25, 0.3) is 5.56 Å². The summed E-state index contributed by atoms with van der Waals surface area (Å²) in [7, 11) is 3.11. The average Bonchev–Trinajstić information content (AvgIpc) is 3.12. The number of hydrogen-bond acceptors (Lipinski definition) is 7. The third-order valence-electron chi connectivity index (χ3n) is 5.41. The van der Waals surface area contributed by atoms with Crippen LogP contribution in [0.2, 0.25) is 0 Å². The van der Waals surface area contributed by atoms with Crippen molar-refractivity contribution in [2.24, 2.45) is 4.99 Å². The van der Waals surface area contributed by atoms with Gasteiger partial charge < -0.3 is 14.2 Å². The number of thiazole rings is 1. The first-order valence-electron chi connectivity index (χ1n) is 10.8. The standard InChI is InChI=1S/C26H26N2O5S/c1-15(2)33-25(30)22-16(3)27-26-28(23(22)19-14-18(31-4)11-12-20(19)32-5)24(29)21(34-26)13-17-9-7-6-8-10-17/h6-15,23H,1-5H3/b21-13-/t23-/m1/s1. The Morgan fingerprint density at radius 1 is 1.12 bits per heavy atom. The fourth-order valence-corrected chi connectivity index (χ4v) is 4.95. The van der Waals surface area contributed by atoms with Gasteiger partial charge in [-0.25, -0.2) is 9.79 Å². The fraction of sp³-hybridized carbons (Fsp3) is 0.269. The number of methoxy groups -OCH3 is 2. The predicted molar refractivity (Wildman–Crippen MR) is 131 cm³/mol. The van der Waals surface area contributed by atoms with E-state index in [1.807, 2.05) is 36.4 Å². The van der Waals surface area contributed by atoms with Crippen LogP contribution in [0.1, 0.15) is 37.9 Å². The summed E-state index contributed by atoms with van der Waals surface area (Å²) in [5.41, 5.74) is 2.05. The second kappa shape index (κ2) is 9.69. The maximum absolute atomic E-state index is 13.7. The number of fused-ring (bicyclic) bond motifs is 1. The molecule has 0 saturated carbocycles. The molecule has 34 heavy (non-hydrogen) atoms. The summed E-state index contributed by atoms with van der Waals surface area (Å²) in [5.74, 6) is 0.574. The number of ether oxygens (including phenoxy) is 3. The van der Waals surface area contributed by atoms with E-state index in [0.29, 0.717) is 37.7 Å². The van der Waals surface area contributed by atoms with Crippen LogP contribution in [0.4, 0.5) is 0 Å². The molecule has 8 heteroatoms. The molecule has 0 unspecified atom stereocenters. The predicted octanol–water partition coefficient (Wildman–Crippen LogP) is 3.20. The molecule has 0 fully saturated rings. The molecule has 0 N–H and O–H groups in total. The van der Waals surface area contributed by atoms with E-state index >= 15 is 0 Å². The molecule has 0 radical (unpaired) electrons. The van der Waals surface area contributed by atoms with E-state index in [9.17, 15) is 9.59 Å². The van der Waals surface area contributed by atoms with E-state index in [2.05, 4.69) is 4.99 Å². The second-order valence-electron chi connectivity index (χ2n) is 8.05. The van der Waals surface area contributed by atoms with Crippen LogP contribution in [0.25, 0.3) is 6.08 Å². The number of rotatable bonds is 6. The second-order valence-corrected chi connectivity index (χ2v) is 9.06. The zero-order valence-electron chi connectivity index (χ0n) is 19.7. The van der Waals surface area contributed by atoms with Crippen molar-refractivity contribution >= 4 is 23.4 Å². The third kappa shape index (κ3) is 4.41. The fourth-order valence-electron chi connectivity index (χ4n) is 3.91. The highest BCUT2D eigenvalue weighted by Gasteiger charge is 2.35. The van der Waals surface area contributed by atoms with Crippen LogP contribution < -0.4 is 24.4 Å². The molecule has 0 spiro atoms. The minimum absolute atomic E-state index is 0.246. The van der Waals surface area contributed by atoms with Gasteiger partial charge in [0.2, 0.25) is 0 Å². The smallest absolute Gasteiger partial charge is 0.338 e. The molecule has 0 aliphatic carbocycles. The SMILES string of the molecule is COc1ccc(OC)c([C@@H]2C(C(=O)OC(C)C)=C(C)N=c3s/c(=C\c4ccccc4)c(=O)n32)c1. The third-order valence-corrected chi connectivity index (χ3v) is 6.40. The highest BCUT2D eigenvalue weighted by atomic mass is 32.1. The van der Waals surface area contributed by atoms with Crippen molar-refractivity contribution < 1.29 is 19.0 Å². The quantitative estimate of drug-likeness (QED) is 0.509. The Morgan fingerprint density at radius 2 is 1.85 bits per heavy atom. The van der Waals surface area contributed by atoms with E-state index in [1.54, 1.807) is 57.8 Å². The summed E-state index contributed by atoms with van der Waals surface area (Å²) in [6.45, 7) is 5.32.